The number of nitrogens with zero attached hydrogens (tertiary/aromatic N) is 2. The van der Waals surface area contributed by atoms with Crippen molar-refractivity contribution in [2.75, 3.05) is 37.6 Å². The summed E-state index contributed by atoms with van der Waals surface area (Å²) in [5.41, 5.74) is 7.31. The van der Waals surface area contributed by atoms with Crippen LogP contribution < -0.4 is 10.6 Å². The van der Waals surface area contributed by atoms with E-state index in [0.29, 0.717) is 12.6 Å². The Balaban J connectivity index is 1.64. The topological polar surface area (TPSA) is 32.5 Å². The SMILES string of the molecule is NCC(c1cc(Cl)cs1)N1CCN(c2ccccc2)CC1. The van der Waals surface area contributed by atoms with Gasteiger partial charge in [-0.1, -0.05) is 29.8 Å². The van der Waals surface area contributed by atoms with Crippen molar-refractivity contribution < 1.29 is 0 Å². The Morgan fingerprint density at radius 3 is 2.43 bits per heavy atom. The molecular formula is C16H20ClN3S. The van der Waals surface area contributed by atoms with E-state index in [1.165, 1.54) is 10.6 Å². The lowest BCUT2D eigenvalue weighted by Crippen LogP contribution is -2.49. The fourth-order valence-electron chi connectivity index (χ4n) is 2.88. The molecule has 0 radical (unpaired) electrons. The molecule has 112 valence electrons. The average molecular weight is 322 g/mol. The molecule has 0 saturated carbocycles. The number of thiophene rings is 1. The minimum absolute atomic E-state index is 0.292. The van der Waals surface area contributed by atoms with E-state index in [1.54, 1.807) is 11.3 Å². The number of nitrogens with two attached hydrogens (primary N) is 1. The van der Waals surface area contributed by atoms with Crippen LogP contribution in [0.15, 0.2) is 41.8 Å². The van der Waals surface area contributed by atoms with E-state index in [9.17, 15) is 0 Å². The maximum absolute atomic E-state index is 6.05. The van der Waals surface area contributed by atoms with Crippen LogP contribution >= 0.6 is 22.9 Å². The molecule has 2 heterocycles. The third-order valence-corrected chi connectivity index (χ3v) is 5.40. The van der Waals surface area contributed by atoms with Crippen LogP contribution in [0.3, 0.4) is 0 Å². The molecule has 1 saturated heterocycles. The van der Waals surface area contributed by atoms with Crippen molar-refractivity contribution in [3.8, 4) is 0 Å². The summed E-state index contributed by atoms with van der Waals surface area (Å²) < 4.78 is 0. The van der Waals surface area contributed by atoms with E-state index in [-0.39, 0.29) is 0 Å². The predicted molar refractivity (Wildman–Crippen MR) is 91.4 cm³/mol. The molecule has 1 atom stereocenters. The van der Waals surface area contributed by atoms with Crippen LogP contribution in [0.2, 0.25) is 5.02 Å². The van der Waals surface area contributed by atoms with Gasteiger partial charge in [0.05, 0.1) is 11.1 Å². The van der Waals surface area contributed by atoms with Gasteiger partial charge in [-0.15, -0.1) is 11.3 Å². The molecular weight excluding hydrogens is 302 g/mol. The van der Waals surface area contributed by atoms with E-state index >= 15 is 0 Å². The van der Waals surface area contributed by atoms with Gasteiger partial charge in [0.2, 0.25) is 0 Å². The Labute approximate surface area is 134 Å². The van der Waals surface area contributed by atoms with Crippen LogP contribution in [-0.2, 0) is 0 Å². The summed E-state index contributed by atoms with van der Waals surface area (Å²) in [5, 5.41) is 2.80. The van der Waals surface area contributed by atoms with Gasteiger partial charge in [0.1, 0.15) is 0 Å². The lowest BCUT2D eigenvalue weighted by atomic mass is 10.1. The highest BCUT2D eigenvalue weighted by molar-refractivity contribution is 7.10. The molecule has 2 N–H and O–H groups in total. The van der Waals surface area contributed by atoms with Gasteiger partial charge in [-0.3, -0.25) is 4.90 Å². The Morgan fingerprint density at radius 2 is 1.86 bits per heavy atom. The normalized spacial score (nSPS) is 17.9. The molecule has 21 heavy (non-hydrogen) atoms. The Hall–Kier alpha value is -1.07. The molecule has 0 aliphatic carbocycles. The Kier molecular flexibility index (Phi) is 4.80. The number of hydrogen-bond acceptors (Lipinski definition) is 4. The average Bonchev–Trinajstić information content (AvgIpc) is 2.96. The number of halogens is 1. The highest BCUT2D eigenvalue weighted by Crippen LogP contribution is 2.30. The van der Waals surface area contributed by atoms with E-state index in [0.717, 1.165) is 31.2 Å². The molecule has 0 amide bonds. The summed E-state index contributed by atoms with van der Waals surface area (Å²) in [4.78, 5) is 6.18. The minimum atomic E-state index is 0.292. The van der Waals surface area contributed by atoms with E-state index in [2.05, 4.69) is 40.1 Å². The van der Waals surface area contributed by atoms with Crippen LogP contribution in [0.4, 0.5) is 5.69 Å². The molecule has 1 aliphatic heterocycles. The number of piperazine rings is 1. The fraction of sp³-hybridized carbons (Fsp3) is 0.375. The van der Waals surface area contributed by atoms with Crippen molar-refractivity contribution >= 4 is 28.6 Å². The second-order valence-electron chi connectivity index (χ2n) is 5.28. The van der Waals surface area contributed by atoms with Crippen LogP contribution in [0.1, 0.15) is 10.9 Å². The van der Waals surface area contributed by atoms with Gasteiger partial charge in [-0.2, -0.15) is 0 Å². The first-order valence-electron chi connectivity index (χ1n) is 7.26. The van der Waals surface area contributed by atoms with Crippen LogP contribution in [0.25, 0.3) is 0 Å². The largest absolute Gasteiger partial charge is 0.369 e. The van der Waals surface area contributed by atoms with Crippen molar-refractivity contribution in [3.05, 3.63) is 51.7 Å². The molecule has 1 aromatic heterocycles. The van der Waals surface area contributed by atoms with E-state index in [1.807, 2.05) is 11.4 Å². The lowest BCUT2D eigenvalue weighted by Gasteiger charge is -2.39. The first-order valence-corrected chi connectivity index (χ1v) is 8.52. The molecule has 0 spiro atoms. The van der Waals surface area contributed by atoms with Crippen LogP contribution in [0.5, 0.6) is 0 Å². The van der Waals surface area contributed by atoms with Gasteiger partial charge in [-0.05, 0) is 18.2 Å². The summed E-state index contributed by atoms with van der Waals surface area (Å²) in [7, 11) is 0. The second kappa shape index (κ2) is 6.79. The summed E-state index contributed by atoms with van der Waals surface area (Å²) >= 11 is 7.75. The van der Waals surface area contributed by atoms with Crippen molar-refractivity contribution in [2.45, 2.75) is 6.04 Å². The standard InChI is InChI=1S/C16H20ClN3S/c17-13-10-16(21-12-13)15(11-18)20-8-6-19(7-9-20)14-4-2-1-3-5-14/h1-5,10,12,15H,6-9,11,18H2. The number of hydrogen-bond donors (Lipinski definition) is 1. The van der Waals surface area contributed by atoms with Crippen molar-refractivity contribution in [2.24, 2.45) is 5.73 Å². The third kappa shape index (κ3) is 3.40. The smallest absolute Gasteiger partial charge is 0.0566 e. The van der Waals surface area contributed by atoms with Gasteiger partial charge in [0.25, 0.3) is 0 Å². The molecule has 1 unspecified atom stereocenters. The molecule has 0 bridgehead atoms. The molecule has 2 aromatic rings. The summed E-state index contributed by atoms with van der Waals surface area (Å²) in [6.07, 6.45) is 0. The van der Waals surface area contributed by atoms with E-state index < -0.39 is 0 Å². The Morgan fingerprint density at radius 1 is 1.14 bits per heavy atom. The lowest BCUT2D eigenvalue weighted by molar-refractivity contribution is 0.193. The zero-order chi connectivity index (χ0) is 14.7. The fourth-order valence-corrected chi connectivity index (χ4v) is 4.11. The molecule has 1 aromatic carbocycles. The summed E-state index contributed by atoms with van der Waals surface area (Å²) in [6, 6.07) is 12.9. The van der Waals surface area contributed by atoms with Crippen LogP contribution in [0, 0.1) is 0 Å². The highest BCUT2D eigenvalue weighted by atomic mass is 35.5. The van der Waals surface area contributed by atoms with Gasteiger partial charge >= 0.3 is 0 Å². The molecule has 5 heteroatoms. The highest BCUT2D eigenvalue weighted by Gasteiger charge is 2.25. The minimum Gasteiger partial charge on any atom is -0.369 e. The number of anilines is 1. The maximum atomic E-state index is 6.05. The monoisotopic (exact) mass is 321 g/mol. The van der Waals surface area contributed by atoms with Gasteiger partial charge in [-0.25, -0.2) is 0 Å². The molecule has 1 fully saturated rings. The quantitative estimate of drug-likeness (QED) is 0.938. The van der Waals surface area contributed by atoms with Crippen molar-refractivity contribution in [3.63, 3.8) is 0 Å². The molecule has 3 rings (SSSR count). The van der Waals surface area contributed by atoms with E-state index in [4.69, 9.17) is 17.3 Å². The predicted octanol–water partition coefficient (Wildman–Crippen LogP) is 3.22. The van der Waals surface area contributed by atoms with Gasteiger partial charge < -0.3 is 10.6 Å². The third-order valence-electron chi connectivity index (χ3n) is 4.02. The van der Waals surface area contributed by atoms with Crippen molar-refractivity contribution in [1.29, 1.82) is 0 Å². The zero-order valence-electron chi connectivity index (χ0n) is 11.9. The molecule has 1 aliphatic rings. The first-order chi connectivity index (χ1) is 10.3. The van der Waals surface area contributed by atoms with Crippen LogP contribution in [-0.4, -0.2) is 37.6 Å². The Bertz CT molecular complexity index is 564. The second-order valence-corrected chi connectivity index (χ2v) is 6.66. The number of benzene rings is 1. The van der Waals surface area contributed by atoms with Gasteiger partial charge in [0, 0.05) is 48.7 Å². The first kappa shape index (κ1) is 14.9. The van der Waals surface area contributed by atoms with Gasteiger partial charge in [0.15, 0.2) is 0 Å². The van der Waals surface area contributed by atoms with Crippen molar-refractivity contribution in [1.82, 2.24) is 4.90 Å². The summed E-state index contributed by atoms with van der Waals surface area (Å²) in [5.74, 6) is 0. The summed E-state index contributed by atoms with van der Waals surface area (Å²) in [6.45, 7) is 4.79. The maximum Gasteiger partial charge on any atom is 0.0566 e. The number of rotatable bonds is 4. The zero-order valence-corrected chi connectivity index (χ0v) is 13.5. The number of para-hydroxylation sites is 1. The molecule has 3 nitrogen and oxygen atoms in total.